The average molecular weight is 440 g/mol. The molecule has 1 aliphatic rings. The van der Waals surface area contributed by atoms with Gasteiger partial charge in [-0.05, 0) is 71.8 Å². The molecule has 1 aromatic carbocycles. The fourth-order valence-electron chi connectivity index (χ4n) is 2.98. The monoisotopic (exact) mass is 439 g/mol. The summed E-state index contributed by atoms with van der Waals surface area (Å²) in [6.07, 6.45) is 6.41. The van der Waals surface area contributed by atoms with Crippen LogP contribution in [0.4, 0.5) is 17.5 Å². The first kappa shape index (κ1) is 19.1. The fourth-order valence-corrected chi connectivity index (χ4v) is 3.80. The van der Waals surface area contributed by atoms with E-state index >= 15 is 0 Å². The van der Waals surface area contributed by atoms with E-state index in [-0.39, 0.29) is 4.90 Å². The van der Waals surface area contributed by atoms with Crippen molar-refractivity contribution < 1.29 is 8.42 Å². The van der Waals surface area contributed by atoms with E-state index in [1.54, 1.807) is 18.3 Å². The Hall–Kier alpha value is -1.71. The minimum Gasteiger partial charge on any atom is -0.366 e. The molecular formula is C17H22BrN5O2S. The number of hydrogen-bond acceptors (Lipinski definition) is 6. The normalized spacial score (nSPS) is 20.6. The van der Waals surface area contributed by atoms with Gasteiger partial charge in [-0.25, -0.2) is 18.5 Å². The molecule has 0 unspecified atom stereocenters. The lowest BCUT2D eigenvalue weighted by molar-refractivity contribution is 0.360. The number of hydrogen-bond donors (Lipinski definition) is 3. The number of primary sulfonamides is 1. The maximum Gasteiger partial charge on any atom is 0.238 e. The van der Waals surface area contributed by atoms with Gasteiger partial charge in [-0.2, -0.15) is 4.98 Å². The van der Waals surface area contributed by atoms with E-state index in [0.717, 1.165) is 29.1 Å². The molecular weight excluding hydrogens is 418 g/mol. The topological polar surface area (TPSA) is 110 Å². The third-order valence-corrected chi connectivity index (χ3v) is 6.05. The third-order valence-electron chi connectivity index (χ3n) is 4.54. The van der Waals surface area contributed by atoms with Crippen LogP contribution in [0.2, 0.25) is 0 Å². The van der Waals surface area contributed by atoms with Crippen molar-refractivity contribution in [2.75, 3.05) is 10.6 Å². The smallest absolute Gasteiger partial charge is 0.238 e. The summed E-state index contributed by atoms with van der Waals surface area (Å²) in [6, 6.07) is 6.55. The molecule has 9 heteroatoms. The molecule has 0 atom stereocenters. The SMILES string of the molecule is CC1CCC(Nc2nc(Nc3ccc(S(N)(=O)=O)cc3)ncc2Br)CC1. The van der Waals surface area contributed by atoms with Gasteiger partial charge in [0.25, 0.3) is 0 Å². The Morgan fingerprint density at radius 3 is 2.42 bits per heavy atom. The van der Waals surface area contributed by atoms with Crippen molar-refractivity contribution in [3.63, 3.8) is 0 Å². The minimum atomic E-state index is -3.70. The number of sulfonamides is 1. The number of halogens is 1. The Morgan fingerprint density at radius 1 is 1.15 bits per heavy atom. The predicted molar refractivity (Wildman–Crippen MR) is 106 cm³/mol. The van der Waals surface area contributed by atoms with Crippen LogP contribution in [0, 0.1) is 5.92 Å². The van der Waals surface area contributed by atoms with Crippen molar-refractivity contribution in [3.05, 3.63) is 34.9 Å². The summed E-state index contributed by atoms with van der Waals surface area (Å²) < 4.78 is 23.4. The molecule has 1 aliphatic carbocycles. The number of benzene rings is 1. The van der Waals surface area contributed by atoms with E-state index in [4.69, 9.17) is 5.14 Å². The molecule has 1 fully saturated rings. The molecule has 0 aliphatic heterocycles. The Bertz CT molecular complexity index is 865. The molecule has 1 heterocycles. The largest absolute Gasteiger partial charge is 0.366 e. The van der Waals surface area contributed by atoms with E-state index < -0.39 is 10.0 Å². The molecule has 1 saturated carbocycles. The summed E-state index contributed by atoms with van der Waals surface area (Å²) in [5.41, 5.74) is 0.678. The van der Waals surface area contributed by atoms with E-state index in [1.807, 2.05) is 0 Å². The lowest BCUT2D eigenvalue weighted by atomic mass is 9.87. The highest BCUT2D eigenvalue weighted by Gasteiger charge is 2.19. The van der Waals surface area contributed by atoms with Crippen LogP contribution in [0.3, 0.4) is 0 Å². The number of anilines is 3. The van der Waals surface area contributed by atoms with Gasteiger partial charge in [0, 0.05) is 17.9 Å². The molecule has 4 N–H and O–H groups in total. The van der Waals surface area contributed by atoms with Gasteiger partial charge in [0.05, 0.1) is 9.37 Å². The predicted octanol–water partition coefficient (Wildman–Crippen LogP) is 3.62. The molecule has 0 amide bonds. The molecule has 140 valence electrons. The number of aromatic nitrogens is 2. The standard InChI is InChI=1S/C17H22BrN5O2S/c1-11-2-4-12(5-3-11)21-16-15(18)10-20-17(23-16)22-13-6-8-14(9-7-13)26(19,24)25/h6-12H,2-5H2,1H3,(H2,19,24,25)(H2,20,21,22,23). The van der Waals surface area contributed by atoms with Crippen LogP contribution in [0.15, 0.2) is 39.8 Å². The zero-order chi connectivity index (χ0) is 18.7. The van der Waals surface area contributed by atoms with Gasteiger partial charge >= 0.3 is 0 Å². The van der Waals surface area contributed by atoms with Crippen LogP contribution in [0.1, 0.15) is 32.6 Å². The molecule has 7 nitrogen and oxygen atoms in total. The zero-order valence-corrected chi connectivity index (χ0v) is 16.8. The quantitative estimate of drug-likeness (QED) is 0.655. The van der Waals surface area contributed by atoms with Gasteiger partial charge in [0.1, 0.15) is 5.82 Å². The van der Waals surface area contributed by atoms with Crippen LogP contribution >= 0.6 is 15.9 Å². The number of nitrogens with two attached hydrogens (primary N) is 1. The van der Waals surface area contributed by atoms with Gasteiger partial charge in [-0.15, -0.1) is 0 Å². The first-order valence-corrected chi connectivity index (χ1v) is 10.8. The zero-order valence-electron chi connectivity index (χ0n) is 14.4. The summed E-state index contributed by atoms with van der Waals surface area (Å²) in [5, 5.41) is 11.7. The van der Waals surface area contributed by atoms with E-state index in [0.29, 0.717) is 17.7 Å². The molecule has 0 saturated heterocycles. The second kappa shape index (κ2) is 7.89. The summed E-state index contributed by atoms with van der Waals surface area (Å²) in [4.78, 5) is 8.85. The molecule has 3 rings (SSSR count). The van der Waals surface area contributed by atoms with E-state index in [2.05, 4.69) is 43.5 Å². The molecule has 1 aromatic heterocycles. The maximum absolute atomic E-state index is 11.3. The lowest BCUT2D eigenvalue weighted by Crippen LogP contribution is -2.26. The highest BCUT2D eigenvalue weighted by Crippen LogP contribution is 2.28. The van der Waals surface area contributed by atoms with E-state index in [1.165, 1.54) is 25.0 Å². The summed E-state index contributed by atoms with van der Waals surface area (Å²) in [5.74, 6) is 1.98. The maximum atomic E-state index is 11.3. The summed E-state index contributed by atoms with van der Waals surface area (Å²) in [7, 11) is -3.70. The lowest BCUT2D eigenvalue weighted by Gasteiger charge is -2.27. The molecule has 2 aromatic rings. The minimum absolute atomic E-state index is 0.0636. The number of nitrogens with one attached hydrogen (secondary N) is 2. The molecule has 26 heavy (non-hydrogen) atoms. The Labute approximate surface area is 162 Å². The van der Waals surface area contributed by atoms with Crippen LogP contribution < -0.4 is 15.8 Å². The summed E-state index contributed by atoms with van der Waals surface area (Å²) in [6.45, 7) is 2.29. The highest BCUT2D eigenvalue weighted by atomic mass is 79.9. The highest BCUT2D eigenvalue weighted by molar-refractivity contribution is 9.10. The van der Waals surface area contributed by atoms with Crippen molar-refractivity contribution in [2.45, 2.75) is 43.5 Å². The average Bonchev–Trinajstić information content (AvgIpc) is 2.59. The molecule has 0 radical (unpaired) electrons. The molecule has 0 spiro atoms. The van der Waals surface area contributed by atoms with Crippen molar-refractivity contribution in [2.24, 2.45) is 11.1 Å². The van der Waals surface area contributed by atoms with Crippen LogP contribution in [0.25, 0.3) is 0 Å². The second-order valence-corrected chi connectivity index (χ2v) is 9.10. The first-order chi connectivity index (χ1) is 12.3. The number of nitrogens with zero attached hydrogens (tertiary/aromatic N) is 2. The van der Waals surface area contributed by atoms with Gasteiger partial charge in [-0.1, -0.05) is 6.92 Å². The van der Waals surface area contributed by atoms with Gasteiger partial charge < -0.3 is 10.6 Å². The van der Waals surface area contributed by atoms with Crippen molar-refractivity contribution in [1.29, 1.82) is 0 Å². The molecule has 0 bridgehead atoms. The van der Waals surface area contributed by atoms with Crippen molar-refractivity contribution >= 4 is 43.4 Å². The van der Waals surface area contributed by atoms with Crippen LogP contribution in [-0.2, 0) is 10.0 Å². The Balaban J connectivity index is 1.71. The van der Waals surface area contributed by atoms with Gasteiger partial charge in [-0.3, -0.25) is 0 Å². The number of rotatable bonds is 5. The summed E-state index contributed by atoms with van der Waals surface area (Å²) >= 11 is 3.49. The van der Waals surface area contributed by atoms with Gasteiger partial charge in [0.2, 0.25) is 16.0 Å². The first-order valence-electron chi connectivity index (χ1n) is 8.50. The Morgan fingerprint density at radius 2 is 1.81 bits per heavy atom. The van der Waals surface area contributed by atoms with Crippen molar-refractivity contribution in [3.8, 4) is 0 Å². The van der Waals surface area contributed by atoms with Crippen molar-refractivity contribution in [1.82, 2.24) is 9.97 Å². The Kier molecular flexibility index (Phi) is 5.79. The van der Waals surface area contributed by atoms with Crippen LogP contribution in [0.5, 0.6) is 0 Å². The fraction of sp³-hybridized carbons (Fsp3) is 0.412. The second-order valence-electron chi connectivity index (χ2n) is 6.69. The van der Waals surface area contributed by atoms with Gasteiger partial charge in [0.15, 0.2) is 0 Å². The van der Waals surface area contributed by atoms with Crippen LogP contribution in [-0.4, -0.2) is 24.4 Å². The third kappa shape index (κ3) is 4.93. The van der Waals surface area contributed by atoms with E-state index in [9.17, 15) is 8.42 Å².